The Kier molecular flexibility index (Phi) is 6.03. The van der Waals surface area contributed by atoms with E-state index < -0.39 is 4.92 Å². The standard InChI is InChI=1S/C19H17N5O4S/c1-3-23-18(14-5-4-6-15(10-14)20-12(2)26)21-22-19(23)29-17-8-7-13(11-25)9-16(17)24(27)28/h4-11H,3H2,1-2H3,(H,20,26). The average Bonchev–Trinajstić information content (AvgIpc) is 3.10. The zero-order valence-electron chi connectivity index (χ0n) is 15.7. The van der Waals surface area contributed by atoms with Gasteiger partial charge < -0.3 is 9.88 Å². The summed E-state index contributed by atoms with van der Waals surface area (Å²) in [7, 11) is 0. The maximum absolute atomic E-state index is 11.4. The molecule has 1 amide bonds. The molecule has 0 saturated heterocycles. The van der Waals surface area contributed by atoms with Crippen molar-refractivity contribution in [3.05, 3.63) is 58.1 Å². The highest BCUT2D eigenvalue weighted by molar-refractivity contribution is 7.99. The molecule has 148 valence electrons. The number of aromatic nitrogens is 3. The van der Waals surface area contributed by atoms with E-state index in [2.05, 4.69) is 15.5 Å². The van der Waals surface area contributed by atoms with Crippen LogP contribution in [0.15, 0.2) is 52.5 Å². The van der Waals surface area contributed by atoms with Crippen molar-refractivity contribution in [2.24, 2.45) is 0 Å². The van der Waals surface area contributed by atoms with Crippen molar-refractivity contribution in [2.45, 2.75) is 30.4 Å². The maximum atomic E-state index is 11.4. The van der Waals surface area contributed by atoms with Gasteiger partial charge in [-0.25, -0.2) is 0 Å². The molecule has 0 aliphatic rings. The lowest BCUT2D eigenvalue weighted by Crippen LogP contribution is -2.06. The van der Waals surface area contributed by atoms with Crippen LogP contribution in [0.1, 0.15) is 24.2 Å². The molecule has 29 heavy (non-hydrogen) atoms. The normalized spacial score (nSPS) is 10.6. The topological polar surface area (TPSA) is 120 Å². The minimum atomic E-state index is -0.528. The van der Waals surface area contributed by atoms with Crippen LogP contribution in [0.3, 0.4) is 0 Å². The number of amides is 1. The monoisotopic (exact) mass is 411 g/mol. The van der Waals surface area contributed by atoms with Gasteiger partial charge in [-0.1, -0.05) is 18.2 Å². The molecule has 0 fully saturated rings. The van der Waals surface area contributed by atoms with Crippen LogP contribution >= 0.6 is 11.8 Å². The van der Waals surface area contributed by atoms with Crippen molar-refractivity contribution >= 4 is 35.3 Å². The van der Waals surface area contributed by atoms with Gasteiger partial charge in [-0.05, 0) is 36.9 Å². The molecule has 1 heterocycles. The van der Waals surface area contributed by atoms with Crippen LogP contribution in [0.5, 0.6) is 0 Å². The first-order valence-electron chi connectivity index (χ1n) is 8.65. The number of hydrogen-bond donors (Lipinski definition) is 1. The fourth-order valence-corrected chi connectivity index (χ4v) is 3.72. The van der Waals surface area contributed by atoms with E-state index in [1.807, 2.05) is 17.6 Å². The molecule has 1 N–H and O–H groups in total. The number of hydrogen-bond acceptors (Lipinski definition) is 7. The van der Waals surface area contributed by atoms with Crippen LogP contribution in [-0.4, -0.2) is 31.9 Å². The van der Waals surface area contributed by atoms with E-state index in [0.29, 0.717) is 34.4 Å². The van der Waals surface area contributed by atoms with Gasteiger partial charge in [0.25, 0.3) is 5.69 Å². The molecule has 0 aliphatic carbocycles. The van der Waals surface area contributed by atoms with Crippen molar-refractivity contribution in [1.29, 1.82) is 0 Å². The number of nitro benzene ring substituents is 1. The molecular weight excluding hydrogens is 394 g/mol. The summed E-state index contributed by atoms with van der Waals surface area (Å²) in [6.45, 7) is 3.88. The molecule has 0 atom stereocenters. The molecule has 9 nitrogen and oxygen atoms in total. The Morgan fingerprint density at radius 1 is 1.28 bits per heavy atom. The second kappa shape index (κ2) is 8.65. The highest BCUT2D eigenvalue weighted by Crippen LogP contribution is 2.36. The largest absolute Gasteiger partial charge is 0.326 e. The van der Waals surface area contributed by atoms with E-state index in [4.69, 9.17) is 0 Å². The highest BCUT2D eigenvalue weighted by atomic mass is 32.2. The Hall–Kier alpha value is -3.53. The number of nitrogens with zero attached hydrogens (tertiary/aromatic N) is 4. The molecule has 0 aliphatic heterocycles. The van der Waals surface area contributed by atoms with Crippen molar-refractivity contribution in [1.82, 2.24) is 14.8 Å². The number of benzene rings is 2. The third-order valence-electron chi connectivity index (χ3n) is 3.99. The lowest BCUT2D eigenvalue weighted by atomic mass is 10.2. The number of rotatable bonds is 7. The second-order valence-electron chi connectivity index (χ2n) is 6.02. The zero-order valence-corrected chi connectivity index (χ0v) is 16.5. The van der Waals surface area contributed by atoms with Crippen molar-refractivity contribution in [2.75, 3.05) is 5.32 Å². The van der Waals surface area contributed by atoms with Crippen molar-refractivity contribution < 1.29 is 14.5 Å². The highest BCUT2D eigenvalue weighted by Gasteiger charge is 2.20. The minimum absolute atomic E-state index is 0.167. The summed E-state index contributed by atoms with van der Waals surface area (Å²) in [6, 6.07) is 11.5. The van der Waals surface area contributed by atoms with Crippen LogP contribution in [0, 0.1) is 10.1 Å². The fourth-order valence-electron chi connectivity index (χ4n) is 2.74. The van der Waals surface area contributed by atoms with Crippen molar-refractivity contribution in [3.63, 3.8) is 0 Å². The van der Waals surface area contributed by atoms with Gasteiger partial charge in [-0.15, -0.1) is 10.2 Å². The molecule has 0 radical (unpaired) electrons. The maximum Gasteiger partial charge on any atom is 0.284 e. The summed E-state index contributed by atoms with van der Waals surface area (Å²) < 4.78 is 1.83. The Labute approximate surface area is 170 Å². The molecule has 2 aromatic carbocycles. The summed E-state index contributed by atoms with van der Waals surface area (Å²) in [4.78, 5) is 33.4. The molecule has 3 aromatic rings. The van der Waals surface area contributed by atoms with Gasteiger partial charge in [0.05, 0.1) is 9.82 Å². The summed E-state index contributed by atoms with van der Waals surface area (Å²) in [5.74, 6) is 0.399. The van der Waals surface area contributed by atoms with Crippen LogP contribution in [0.2, 0.25) is 0 Å². The molecule has 0 bridgehead atoms. The van der Waals surface area contributed by atoms with Gasteiger partial charge in [-0.2, -0.15) is 0 Å². The van der Waals surface area contributed by atoms with E-state index in [1.165, 1.54) is 25.1 Å². The predicted octanol–water partition coefficient (Wildman–Crippen LogP) is 3.80. The summed E-state index contributed by atoms with van der Waals surface area (Å²) in [5, 5.41) is 23.0. The number of carbonyl (C=O) groups is 2. The van der Waals surface area contributed by atoms with Gasteiger partial charge in [0, 0.05) is 36.3 Å². The molecule has 0 spiro atoms. The van der Waals surface area contributed by atoms with Gasteiger partial charge in [-0.3, -0.25) is 19.7 Å². The first-order chi connectivity index (χ1) is 13.9. The van der Waals surface area contributed by atoms with E-state index in [0.717, 1.165) is 17.3 Å². The molecule has 0 saturated carbocycles. The zero-order chi connectivity index (χ0) is 21.0. The number of anilines is 1. The molecule has 0 unspecified atom stereocenters. The number of aldehydes is 1. The van der Waals surface area contributed by atoms with Gasteiger partial charge in [0.15, 0.2) is 11.0 Å². The van der Waals surface area contributed by atoms with Gasteiger partial charge in [0.1, 0.15) is 6.29 Å². The lowest BCUT2D eigenvalue weighted by Gasteiger charge is -2.09. The molecule has 10 heteroatoms. The number of nitro groups is 1. The smallest absolute Gasteiger partial charge is 0.284 e. The van der Waals surface area contributed by atoms with E-state index >= 15 is 0 Å². The van der Waals surface area contributed by atoms with Crippen LogP contribution < -0.4 is 5.32 Å². The minimum Gasteiger partial charge on any atom is -0.326 e. The van der Waals surface area contributed by atoms with Crippen molar-refractivity contribution in [3.8, 4) is 11.4 Å². The molecule has 3 rings (SSSR count). The van der Waals surface area contributed by atoms with E-state index in [9.17, 15) is 19.7 Å². The summed E-state index contributed by atoms with van der Waals surface area (Å²) in [6.07, 6.45) is 0.566. The number of nitrogens with one attached hydrogen (secondary N) is 1. The quantitative estimate of drug-likeness (QED) is 0.357. The van der Waals surface area contributed by atoms with Gasteiger partial charge in [0.2, 0.25) is 5.91 Å². The Bertz CT molecular complexity index is 1100. The first kappa shape index (κ1) is 20.2. The molecule has 1 aromatic heterocycles. The Morgan fingerprint density at radius 3 is 2.72 bits per heavy atom. The van der Waals surface area contributed by atoms with E-state index in [-0.39, 0.29) is 17.2 Å². The van der Waals surface area contributed by atoms with Crippen LogP contribution in [-0.2, 0) is 11.3 Å². The van der Waals surface area contributed by atoms with Crippen LogP contribution in [0.4, 0.5) is 11.4 Å². The summed E-state index contributed by atoms with van der Waals surface area (Å²) >= 11 is 1.11. The van der Waals surface area contributed by atoms with Gasteiger partial charge >= 0.3 is 0 Å². The Morgan fingerprint density at radius 2 is 2.07 bits per heavy atom. The van der Waals surface area contributed by atoms with E-state index in [1.54, 1.807) is 18.2 Å². The third-order valence-corrected chi connectivity index (χ3v) is 5.04. The second-order valence-corrected chi connectivity index (χ2v) is 7.03. The predicted molar refractivity (Wildman–Crippen MR) is 108 cm³/mol. The van der Waals surface area contributed by atoms with Crippen LogP contribution in [0.25, 0.3) is 11.4 Å². The Balaban J connectivity index is 1.98. The number of carbonyl (C=O) groups excluding carboxylic acids is 2. The lowest BCUT2D eigenvalue weighted by molar-refractivity contribution is -0.387. The third kappa shape index (κ3) is 4.49. The first-order valence-corrected chi connectivity index (χ1v) is 9.47. The SMILES string of the molecule is CCn1c(Sc2ccc(C=O)cc2[N+](=O)[O-])nnc1-c1cccc(NC(C)=O)c1. The average molecular weight is 411 g/mol. The summed E-state index contributed by atoms with van der Waals surface area (Å²) in [5.41, 5.74) is 1.45. The fraction of sp³-hybridized carbons (Fsp3) is 0.158. The molecular formula is C19H17N5O4S.